The highest BCUT2D eigenvalue weighted by Crippen LogP contribution is 2.29. The zero-order valence-electron chi connectivity index (χ0n) is 8.25. The summed E-state index contributed by atoms with van der Waals surface area (Å²) in [6.45, 7) is 3.55. The zero-order chi connectivity index (χ0) is 11.8. The van der Waals surface area contributed by atoms with Crippen LogP contribution in [-0.2, 0) is 6.18 Å². The first-order chi connectivity index (χ1) is 7.52. The molecule has 1 aromatic carbocycles. The van der Waals surface area contributed by atoms with Crippen molar-refractivity contribution in [3.63, 3.8) is 0 Å². The number of para-hydroxylation sites is 1. The second kappa shape index (κ2) is 3.63. The van der Waals surface area contributed by atoms with E-state index in [1.54, 1.807) is 18.2 Å². The van der Waals surface area contributed by atoms with Gasteiger partial charge in [-0.3, -0.25) is 0 Å². The van der Waals surface area contributed by atoms with Gasteiger partial charge >= 0.3 is 6.18 Å². The Bertz CT molecular complexity index is 543. The Kier molecular flexibility index (Phi) is 2.42. The lowest BCUT2D eigenvalue weighted by atomic mass is 10.1. The number of aromatic nitrogens is 1. The van der Waals surface area contributed by atoms with Gasteiger partial charge in [-0.15, -0.1) is 0 Å². The van der Waals surface area contributed by atoms with Crippen molar-refractivity contribution in [1.29, 1.82) is 0 Å². The minimum Gasteiger partial charge on any atom is -0.243 e. The predicted molar refractivity (Wildman–Crippen MR) is 56.8 cm³/mol. The number of pyridine rings is 1. The van der Waals surface area contributed by atoms with E-state index in [0.717, 1.165) is 6.07 Å². The van der Waals surface area contributed by atoms with E-state index < -0.39 is 11.9 Å². The molecule has 0 amide bonds. The van der Waals surface area contributed by atoms with Gasteiger partial charge in [0.2, 0.25) is 0 Å². The van der Waals surface area contributed by atoms with Crippen LogP contribution in [-0.4, -0.2) is 4.98 Å². The standard InChI is InChI=1S/C12H8F3N/c1-2-8-4-3-5-9-6-7-10(12(13,14)15)16-11(8)9/h2-7H,1H2. The van der Waals surface area contributed by atoms with Crippen LogP contribution in [0, 0.1) is 0 Å². The van der Waals surface area contributed by atoms with E-state index in [1.807, 2.05) is 0 Å². The first-order valence-corrected chi connectivity index (χ1v) is 4.62. The summed E-state index contributed by atoms with van der Waals surface area (Å²) in [6, 6.07) is 7.56. The van der Waals surface area contributed by atoms with Crippen LogP contribution in [0.4, 0.5) is 13.2 Å². The Labute approximate surface area is 90.2 Å². The van der Waals surface area contributed by atoms with Crippen LogP contribution < -0.4 is 0 Å². The molecule has 0 saturated heterocycles. The van der Waals surface area contributed by atoms with E-state index in [4.69, 9.17) is 0 Å². The Hall–Kier alpha value is -1.84. The van der Waals surface area contributed by atoms with Crippen molar-refractivity contribution in [1.82, 2.24) is 4.98 Å². The molecule has 0 spiro atoms. The number of halogens is 3. The van der Waals surface area contributed by atoms with E-state index in [9.17, 15) is 13.2 Å². The van der Waals surface area contributed by atoms with Crippen molar-refractivity contribution in [3.05, 3.63) is 48.2 Å². The minimum absolute atomic E-state index is 0.326. The lowest BCUT2D eigenvalue weighted by molar-refractivity contribution is -0.140. The highest BCUT2D eigenvalue weighted by atomic mass is 19.4. The van der Waals surface area contributed by atoms with Gasteiger partial charge in [-0.05, 0) is 6.07 Å². The van der Waals surface area contributed by atoms with Gasteiger partial charge < -0.3 is 0 Å². The smallest absolute Gasteiger partial charge is 0.243 e. The minimum atomic E-state index is -4.41. The monoisotopic (exact) mass is 223 g/mol. The van der Waals surface area contributed by atoms with Crippen LogP contribution in [0.5, 0.6) is 0 Å². The molecule has 82 valence electrons. The molecular formula is C12H8F3N. The number of alkyl halides is 3. The van der Waals surface area contributed by atoms with Crippen molar-refractivity contribution in [3.8, 4) is 0 Å². The van der Waals surface area contributed by atoms with E-state index in [-0.39, 0.29) is 0 Å². The maximum atomic E-state index is 12.5. The van der Waals surface area contributed by atoms with Crippen molar-refractivity contribution < 1.29 is 13.2 Å². The Morgan fingerprint density at radius 2 is 1.88 bits per heavy atom. The van der Waals surface area contributed by atoms with Crippen LogP contribution in [0.1, 0.15) is 11.3 Å². The molecule has 4 heteroatoms. The average molecular weight is 223 g/mol. The van der Waals surface area contributed by atoms with Gasteiger partial charge in [0.25, 0.3) is 0 Å². The summed E-state index contributed by atoms with van der Waals surface area (Å²) in [5.74, 6) is 0. The molecule has 2 aromatic rings. The highest BCUT2D eigenvalue weighted by Gasteiger charge is 2.32. The number of hydrogen-bond acceptors (Lipinski definition) is 1. The van der Waals surface area contributed by atoms with Crippen molar-refractivity contribution in [2.75, 3.05) is 0 Å². The van der Waals surface area contributed by atoms with Crippen molar-refractivity contribution in [2.24, 2.45) is 0 Å². The molecule has 0 aliphatic heterocycles. The lowest BCUT2D eigenvalue weighted by Gasteiger charge is -2.07. The Balaban J connectivity index is 2.73. The van der Waals surface area contributed by atoms with Crippen LogP contribution in [0.25, 0.3) is 17.0 Å². The second-order valence-corrected chi connectivity index (χ2v) is 3.32. The van der Waals surface area contributed by atoms with Crippen LogP contribution in [0.2, 0.25) is 0 Å². The topological polar surface area (TPSA) is 12.9 Å². The van der Waals surface area contributed by atoms with Crippen molar-refractivity contribution in [2.45, 2.75) is 6.18 Å². The summed E-state index contributed by atoms with van der Waals surface area (Å²) in [4.78, 5) is 3.62. The maximum absolute atomic E-state index is 12.5. The second-order valence-electron chi connectivity index (χ2n) is 3.32. The summed E-state index contributed by atoms with van der Waals surface area (Å²) < 4.78 is 37.4. The molecule has 0 fully saturated rings. The van der Waals surface area contributed by atoms with Gasteiger partial charge in [0, 0.05) is 10.9 Å². The van der Waals surface area contributed by atoms with Crippen LogP contribution in [0.15, 0.2) is 36.9 Å². The molecule has 1 heterocycles. The van der Waals surface area contributed by atoms with Gasteiger partial charge in [-0.1, -0.05) is 36.9 Å². The molecule has 16 heavy (non-hydrogen) atoms. The molecule has 0 unspecified atom stereocenters. The molecule has 0 radical (unpaired) electrons. The summed E-state index contributed by atoms with van der Waals surface area (Å²) >= 11 is 0. The molecule has 1 aromatic heterocycles. The van der Waals surface area contributed by atoms with Gasteiger partial charge in [-0.2, -0.15) is 13.2 Å². The first kappa shape index (κ1) is 10.7. The van der Waals surface area contributed by atoms with E-state index in [1.165, 1.54) is 12.1 Å². The number of rotatable bonds is 1. The predicted octanol–water partition coefficient (Wildman–Crippen LogP) is 3.90. The number of benzene rings is 1. The summed E-state index contributed by atoms with van der Waals surface area (Å²) in [5, 5.41) is 0.672. The molecule has 0 atom stereocenters. The average Bonchev–Trinajstić information content (AvgIpc) is 2.26. The fourth-order valence-corrected chi connectivity index (χ4v) is 1.49. The van der Waals surface area contributed by atoms with Gasteiger partial charge in [0.1, 0.15) is 5.69 Å². The normalized spacial score (nSPS) is 11.7. The molecule has 1 nitrogen and oxygen atoms in total. The molecule has 0 saturated carbocycles. The van der Waals surface area contributed by atoms with E-state index in [0.29, 0.717) is 16.5 Å². The van der Waals surface area contributed by atoms with Crippen LogP contribution in [0.3, 0.4) is 0 Å². The van der Waals surface area contributed by atoms with Gasteiger partial charge in [0.15, 0.2) is 0 Å². The molecule has 0 bridgehead atoms. The number of nitrogens with zero attached hydrogens (tertiary/aromatic N) is 1. The fourth-order valence-electron chi connectivity index (χ4n) is 1.49. The first-order valence-electron chi connectivity index (χ1n) is 4.62. The van der Waals surface area contributed by atoms with Crippen LogP contribution >= 0.6 is 0 Å². The Morgan fingerprint density at radius 1 is 1.12 bits per heavy atom. The molecule has 2 rings (SSSR count). The summed E-state index contributed by atoms with van der Waals surface area (Å²) in [6.07, 6.45) is -2.92. The van der Waals surface area contributed by atoms with E-state index >= 15 is 0 Å². The van der Waals surface area contributed by atoms with E-state index in [2.05, 4.69) is 11.6 Å². The summed E-state index contributed by atoms with van der Waals surface area (Å²) in [7, 11) is 0. The highest BCUT2D eigenvalue weighted by molar-refractivity contribution is 5.86. The largest absolute Gasteiger partial charge is 0.433 e. The third kappa shape index (κ3) is 1.78. The number of hydrogen-bond donors (Lipinski definition) is 0. The van der Waals surface area contributed by atoms with Gasteiger partial charge in [0.05, 0.1) is 5.52 Å². The maximum Gasteiger partial charge on any atom is 0.433 e. The van der Waals surface area contributed by atoms with Crippen molar-refractivity contribution >= 4 is 17.0 Å². The summed E-state index contributed by atoms with van der Waals surface area (Å²) in [5.41, 5.74) is 0.0465. The SMILES string of the molecule is C=Cc1cccc2ccc(C(F)(F)F)nc12. The number of fused-ring (bicyclic) bond motifs is 1. The zero-order valence-corrected chi connectivity index (χ0v) is 8.25. The Morgan fingerprint density at radius 3 is 2.50 bits per heavy atom. The molecule has 0 aliphatic carbocycles. The third-order valence-corrected chi connectivity index (χ3v) is 2.26. The third-order valence-electron chi connectivity index (χ3n) is 2.26. The fraction of sp³-hybridized carbons (Fsp3) is 0.0833. The molecular weight excluding hydrogens is 215 g/mol. The quantitative estimate of drug-likeness (QED) is 0.714. The molecule has 0 N–H and O–H groups in total. The lowest BCUT2D eigenvalue weighted by Crippen LogP contribution is -2.07. The van der Waals surface area contributed by atoms with Gasteiger partial charge in [-0.25, -0.2) is 4.98 Å². The molecule has 0 aliphatic rings.